The topological polar surface area (TPSA) is 79.3 Å². The van der Waals surface area contributed by atoms with Gasteiger partial charge in [-0.05, 0) is 30.7 Å². The third kappa shape index (κ3) is 3.58. The Balaban J connectivity index is 2.21. The van der Waals surface area contributed by atoms with Crippen LogP contribution in [0.1, 0.15) is 21.6 Å². The van der Waals surface area contributed by atoms with Crippen LogP contribution in [0.25, 0.3) is 0 Å². The lowest BCUT2D eigenvalue weighted by Crippen LogP contribution is -2.18. The van der Waals surface area contributed by atoms with E-state index in [1.165, 1.54) is 18.2 Å². The zero-order valence-electron chi connectivity index (χ0n) is 11.3. The molecule has 2 rings (SSSR count). The number of pyridine rings is 1. The van der Waals surface area contributed by atoms with E-state index in [-0.39, 0.29) is 28.6 Å². The lowest BCUT2D eigenvalue weighted by atomic mass is 10.1. The van der Waals surface area contributed by atoms with E-state index >= 15 is 0 Å². The van der Waals surface area contributed by atoms with Crippen molar-refractivity contribution in [3.8, 4) is 0 Å². The SMILES string of the molecule is Cc1cccnc1CC(=O)Nc1c(Cl)cccc1C(=O)O. The van der Waals surface area contributed by atoms with Crippen molar-refractivity contribution in [2.45, 2.75) is 13.3 Å². The van der Waals surface area contributed by atoms with Crippen LogP contribution in [0.2, 0.25) is 5.02 Å². The maximum absolute atomic E-state index is 12.1. The maximum atomic E-state index is 12.1. The minimum absolute atomic E-state index is 0.0476. The fourth-order valence-electron chi connectivity index (χ4n) is 1.87. The number of carboxylic acid groups (broad SMARTS) is 1. The second kappa shape index (κ2) is 6.37. The smallest absolute Gasteiger partial charge is 0.337 e. The summed E-state index contributed by atoms with van der Waals surface area (Å²) in [4.78, 5) is 27.3. The van der Waals surface area contributed by atoms with Crippen molar-refractivity contribution in [2.24, 2.45) is 0 Å². The van der Waals surface area contributed by atoms with Crippen LogP contribution in [0.3, 0.4) is 0 Å². The van der Waals surface area contributed by atoms with Gasteiger partial charge in [0.25, 0.3) is 0 Å². The van der Waals surface area contributed by atoms with Gasteiger partial charge in [0, 0.05) is 6.20 Å². The Bertz CT molecular complexity index is 701. The first-order valence-corrected chi connectivity index (χ1v) is 6.59. The van der Waals surface area contributed by atoms with Gasteiger partial charge in [0.1, 0.15) is 0 Å². The molecule has 21 heavy (non-hydrogen) atoms. The molecule has 0 fully saturated rings. The zero-order valence-corrected chi connectivity index (χ0v) is 12.0. The molecule has 5 nitrogen and oxygen atoms in total. The van der Waals surface area contributed by atoms with Crippen LogP contribution in [0.15, 0.2) is 36.5 Å². The molecule has 1 aromatic carbocycles. The van der Waals surface area contributed by atoms with Crippen LogP contribution < -0.4 is 5.32 Å². The fourth-order valence-corrected chi connectivity index (χ4v) is 2.09. The van der Waals surface area contributed by atoms with Crippen molar-refractivity contribution in [1.29, 1.82) is 0 Å². The van der Waals surface area contributed by atoms with Gasteiger partial charge in [-0.1, -0.05) is 23.7 Å². The van der Waals surface area contributed by atoms with Gasteiger partial charge >= 0.3 is 5.97 Å². The molecule has 1 aromatic heterocycles. The van der Waals surface area contributed by atoms with Gasteiger partial charge in [0.15, 0.2) is 0 Å². The van der Waals surface area contributed by atoms with Crippen molar-refractivity contribution < 1.29 is 14.7 Å². The van der Waals surface area contributed by atoms with Gasteiger partial charge in [-0.2, -0.15) is 0 Å². The summed E-state index contributed by atoms with van der Waals surface area (Å²) in [6.07, 6.45) is 1.66. The number of aromatic carboxylic acids is 1. The first kappa shape index (κ1) is 15.0. The number of nitrogens with one attached hydrogen (secondary N) is 1. The summed E-state index contributed by atoms with van der Waals surface area (Å²) in [7, 11) is 0. The average Bonchev–Trinajstić information content (AvgIpc) is 2.43. The fraction of sp³-hybridized carbons (Fsp3) is 0.133. The van der Waals surface area contributed by atoms with Crippen LogP contribution in [0, 0.1) is 6.92 Å². The van der Waals surface area contributed by atoms with Crippen LogP contribution in [-0.4, -0.2) is 22.0 Å². The Kier molecular flexibility index (Phi) is 4.55. The second-order valence-electron chi connectivity index (χ2n) is 4.46. The number of carboxylic acids is 1. The molecule has 1 heterocycles. The molecular weight excluding hydrogens is 292 g/mol. The van der Waals surface area contributed by atoms with Crippen molar-refractivity contribution in [3.05, 3.63) is 58.4 Å². The van der Waals surface area contributed by atoms with Gasteiger partial charge in [-0.3, -0.25) is 9.78 Å². The lowest BCUT2D eigenvalue weighted by Gasteiger charge is -2.10. The summed E-state index contributed by atoms with van der Waals surface area (Å²) in [5, 5.41) is 11.8. The minimum atomic E-state index is -1.15. The number of rotatable bonds is 4. The van der Waals surface area contributed by atoms with Crippen molar-refractivity contribution in [1.82, 2.24) is 4.98 Å². The number of amides is 1. The van der Waals surface area contributed by atoms with Gasteiger partial charge in [-0.15, -0.1) is 0 Å². The summed E-state index contributed by atoms with van der Waals surface area (Å²) in [6.45, 7) is 1.85. The number of aromatic nitrogens is 1. The summed E-state index contributed by atoms with van der Waals surface area (Å²) in [5.74, 6) is -1.52. The number of para-hydroxylation sites is 1. The summed E-state index contributed by atoms with van der Waals surface area (Å²) < 4.78 is 0. The van der Waals surface area contributed by atoms with Crippen LogP contribution in [0.5, 0.6) is 0 Å². The van der Waals surface area contributed by atoms with Gasteiger partial charge in [0.05, 0.1) is 28.4 Å². The highest BCUT2D eigenvalue weighted by molar-refractivity contribution is 6.34. The number of halogens is 1. The molecule has 108 valence electrons. The van der Waals surface area contributed by atoms with Crippen molar-refractivity contribution >= 4 is 29.2 Å². The van der Waals surface area contributed by atoms with E-state index in [9.17, 15) is 9.59 Å². The molecule has 0 aliphatic rings. The van der Waals surface area contributed by atoms with E-state index in [4.69, 9.17) is 16.7 Å². The Morgan fingerprint density at radius 3 is 2.71 bits per heavy atom. The first-order valence-electron chi connectivity index (χ1n) is 6.21. The van der Waals surface area contributed by atoms with E-state index in [0.29, 0.717) is 5.69 Å². The highest BCUT2D eigenvalue weighted by atomic mass is 35.5. The number of carbonyl (C=O) groups excluding carboxylic acids is 1. The van der Waals surface area contributed by atoms with Crippen molar-refractivity contribution in [2.75, 3.05) is 5.32 Å². The second-order valence-corrected chi connectivity index (χ2v) is 4.87. The average molecular weight is 305 g/mol. The van der Waals surface area contributed by atoms with E-state index in [2.05, 4.69) is 10.3 Å². The third-order valence-corrected chi connectivity index (χ3v) is 3.27. The molecular formula is C15H13ClN2O3. The summed E-state index contributed by atoms with van der Waals surface area (Å²) in [6, 6.07) is 8.07. The summed E-state index contributed by atoms with van der Waals surface area (Å²) in [5.41, 5.74) is 1.59. The molecule has 1 amide bonds. The molecule has 0 saturated heterocycles. The normalized spacial score (nSPS) is 10.2. The molecule has 2 aromatic rings. The number of hydrogen-bond acceptors (Lipinski definition) is 3. The molecule has 0 radical (unpaired) electrons. The highest BCUT2D eigenvalue weighted by Crippen LogP contribution is 2.26. The Labute approximate surface area is 126 Å². The minimum Gasteiger partial charge on any atom is -0.478 e. The largest absolute Gasteiger partial charge is 0.478 e. The summed E-state index contributed by atoms with van der Waals surface area (Å²) >= 11 is 5.96. The van der Waals surface area contributed by atoms with E-state index < -0.39 is 5.97 Å². The van der Waals surface area contributed by atoms with Crippen LogP contribution in [-0.2, 0) is 11.2 Å². The first-order chi connectivity index (χ1) is 9.99. The monoisotopic (exact) mass is 304 g/mol. The number of nitrogens with zero attached hydrogens (tertiary/aromatic N) is 1. The molecule has 0 aliphatic carbocycles. The molecule has 0 unspecified atom stereocenters. The molecule has 0 bridgehead atoms. The van der Waals surface area contributed by atoms with Crippen LogP contribution in [0.4, 0.5) is 5.69 Å². The number of carbonyl (C=O) groups is 2. The van der Waals surface area contributed by atoms with Gasteiger partial charge < -0.3 is 10.4 Å². The quantitative estimate of drug-likeness (QED) is 0.910. The predicted molar refractivity (Wildman–Crippen MR) is 79.7 cm³/mol. The zero-order chi connectivity index (χ0) is 15.4. The molecule has 0 spiro atoms. The molecule has 0 saturated carbocycles. The predicted octanol–water partition coefficient (Wildman–Crippen LogP) is 2.92. The number of anilines is 1. The van der Waals surface area contributed by atoms with Crippen LogP contribution >= 0.6 is 11.6 Å². The molecule has 6 heteroatoms. The standard InChI is InChI=1S/C15H13ClN2O3/c1-9-4-3-7-17-12(9)8-13(19)18-14-10(15(20)21)5-2-6-11(14)16/h2-7H,8H2,1H3,(H,18,19)(H,20,21). The third-order valence-electron chi connectivity index (χ3n) is 2.95. The molecule has 0 atom stereocenters. The van der Waals surface area contributed by atoms with Crippen molar-refractivity contribution in [3.63, 3.8) is 0 Å². The number of benzene rings is 1. The van der Waals surface area contributed by atoms with E-state index in [1.807, 2.05) is 13.0 Å². The molecule has 2 N–H and O–H groups in total. The van der Waals surface area contributed by atoms with Gasteiger partial charge in [0.2, 0.25) is 5.91 Å². The lowest BCUT2D eigenvalue weighted by molar-refractivity contribution is -0.115. The maximum Gasteiger partial charge on any atom is 0.337 e. The Morgan fingerprint density at radius 1 is 1.29 bits per heavy atom. The highest BCUT2D eigenvalue weighted by Gasteiger charge is 2.16. The Morgan fingerprint density at radius 2 is 2.05 bits per heavy atom. The number of hydrogen-bond donors (Lipinski definition) is 2. The van der Waals surface area contributed by atoms with E-state index in [1.54, 1.807) is 12.3 Å². The van der Waals surface area contributed by atoms with E-state index in [0.717, 1.165) is 5.56 Å². The molecule has 0 aliphatic heterocycles. The number of aryl methyl sites for hydroxylation is 1. The Hall–Kier alpha value is -2.40. The van der Waals surface area contributed by atoms with Gasteiger partial charge in [-0.25, -0.2) is 4.79 Å².